The highest BCUT2D eigenvalue weighted by atomic mass is 35.5. The van der Waals surface area contributed by atoms with Crippen LogP contribution in [-0.4, -0.2) is 21.7 Å². The van der Waals surface area contributed by atoms with Gasteiger partial charge in [-0.2, -0.15) is 15.3 Å². The highest BCUT2D eigenvalue weighted by molar-refractivity contribution is 6.35. The summed E-state index contributed by atoms with van der Waals surface area (Å²) < 4.78 is 0. The van der Waals surface area contributed by atoms with E-state index < -0.39 is 0 Å². The van der Waals surface area contributed by atoms with Gasteiger partial charge < -0.3 is 10.6 Å². The molecule has 3 rings (SSSR count). The van der Waals surface area contributed by atoms with Gasteiger partial charge in [-0.05, 0) is 48.4 Å². The van der Waals surface area contributed by atoms with Crippen LogP contribution < -0.4 is 10.6 Å². The standard InChI is InChI=1S/C18H14Cl2N6/c19-14-4-3-13(16(20)9-14)7-8-22-17-11-23-26-18(25-17)24-15-5-1-12(10-21)2-6-15/h1-6,9,11H,7-8H2,(H2,22,24,25,26). The molecule has 1 aromatic heterocycles. The maximum absolute atomic E-state index is 8.82. The second kappa shape index (κ2) is 8.48. The fraction of sp³-hybridized carbons (Fsp3) is 0.111. The minimum absolute atomic E-state index is 0.365. The molecule has 130 valence electrons. The fourth-order valence-electron chi connectivity index (χ4n) is 2.25. The molecule has 0 amide bonds. The Morgan fingerprint density at radius 2 is 1.88 bits per heavy atom. The number of halogens is 2. The third-order valence-corrected chi connectivity index (χ3v) is 4.13. The van der Waals surface area contributed by atoms with Crippen LogP contribution in [0.4, 0.5) is 17.5 Å². The largest absolute Gasteiger partial charge is 0.368 e. The van der Waals surface area contributed by atoms with Gasteiger partial charge in [0.15, 0.2) is 5.82 Å². The van der Waals surface area contributed by atoms with Crippen molar-refractivity contribution in [1.29, 1.82) is 5.26 Å². The Morgan fingerprint density at radius 3 is 2.62 bits per heavy atom. The van der Waals surface area contributed by atoms with Crippen LogP contribution in [0.1, 0.15) is 11.1 Å². The van der Waals surface area contributed by atoms with Crippen LogP contribution in [0, 0.1) is 11.3 Å². The van der Waals surface area contributed by atoms with E-state index in [1.54, 1.807) is 36.5 Å². The molecule has 0 atom stereocenters. The SMILES string of the molecule is N#Cc1ccc(Nc2nncc(NCCc3ccc(Cl)cc3Cl)n2)cc1. The minimum atomic E-state index is 0.365. The Balaban J connectivity index is 1.59. The van der Waals surface area contributed by atoms with Crippen molar-refractivity contribution in [3.63, 3.8) is 0 Å². The lowest BCUT2D eigenvalue weighted by molar-refractivity contribution is 0.950. The summed E-state index contributed by atoms with van der Waals surface area (Å²) in [5.74, 6) is 0.963. The van der Waals surface area contributed by atoms with E-state index in [0.29, 0.717) is 33.9 Å². The number of aromatic nitrogens is 3. The van der Waals surface area contributed by atoms with E-state index in [4.69, 9.17) is 28.5 Å². The number of rotatable bonds is 6. The third-order valence-electron chi connectivity index (χ3n) is 3.54. The van der Waals surface area contributed by atoms with E-state index >= 15 is 0 Å². The maximum atomic E-state index is 8.82. The Morgan fingerprint density at radius 1 is 1.08 bits per heavy atom. The molecule has 0 spiro atoms. The third kappa shape index (κ3) is 4.82. The van der Waals surface area contributed by atoms with Crippen LogP contribution in [0.2, 0.25) is 10.0 Å². The van der Waals surface area contributed by atoms with Crippen molar-refractivity contribution < 1.29 is 0 Å². The van der Waals surface area contributed by atoms with Crippen LogP contribution in [0.5, 0.6) is 0 Å². The maximum Gasteiger partial charge on any atom is 0.249 e. The molecule has 0 bridgehead atoms. The molecule has 0 saturated carbocycles. The van der Waals surface area contributed by atoms with Gasteiger partial charge in [-0.25, -0.2) is 0 Å². The molecule has 2 N–H and O–H groups in total. The summed E-state index contributed by atoms with van der Waals surface area (Å²) in [5, 5.41) is 24.2. The Bertz CT molecular complexity index is 937. The first-order valence-electron chi connectivity index (χ1n) is 7.79. The van der Waals surface area contributed by atoms with Crippen molar-refractivity contribution in [2.75, 3.05) is 17.2 Å². The van der Waals surface area contributed by atoms with Crippen LogP contribution in [0.25, 0.3) is 0 Å². The highest BCUT2D eigenvalue weighted by Gasteiger charge is 2.04. The zero-order valence-electron chi connectivity index (χ0n) is 13.6. The van der Waals surface area contributed by atoms with Crippen molar-refractivity contribution in [3.05, 3.63) is 69.8 Å². The number of nitrogens with zero attached hydrogens (tertiary/aromatic N) is 4. The van der Waals surface area contributed by atoms with Gasteiger partial charge in [-0.3, -0.25) is 0 Å². The van der Waals surface area contributed by atoms with E-state index in [9.17, 15) is 0 Å². The molecule has 6 nitrogen and oxygen atoms in total. The number of benzene rings is 2. The van der Waals surface area contributed by atoms with E-state index in [-0.39, 0.29) is 0 Å². The van der Waals surface area contributed by atoms with Crippen LogP contribution >= 0.6 is 23.2 Å². The smallest absolute Gasteiger partial charge is 0.249 e. The molecule has 1 heterocycles. The average molecular weight is 385 g/mol. The quantitative estimate of drug-likeness (QED) is 0.652. The lowest BCUT2D eigenvalue weighted by Gasteiger charge is -2.09. The second-order valence-electron chi connectivity index (χ2n) is 5.39. The first-order chi connectivity index (χ1) is 12.6. The molecule has 0 aliphatic heterocycles. The van der Waals surface area contributed by atoms with Crippen molar-refractivity contribution in [2.24, 2.45) is 0 Å². The summed E-state index contributed by atoms with van der Waals surface area (Å²) in [6.45, 7) is 0.635. The van der Waals surface area contributed by atoms with E-state index in [1.807, 2.05) is 12.1 Å². The first kappa shape index (κ1) is 17.9. The molecule has 0 saturated heterocycles. The molecule has 0 unspecified atom stereocenters. The van der Waals surface area contributed by atoms with Gasteiger partial charge in [0.1, 0.15) is 0 Å². The Hall–Kier alpha value is -2.88. The summed E-state index contributed by atoms with van der Waals surface area (Å²) >= 11 is 12.1. The summed E-state index contributed by atoms with van der Waals surface area (Å²) in [6, 6.07) is 14.5. The van der Waals surface area contributed by atoms with Crippen molar-refractivity contribution >= 4 is 40.7 Å². The van der Waals surface area contributed by atoms with Gasteiger partial charge in [0.25, 0.3) is 0 Å². The van der Waals surface area contributed by atoms with E-state index in [0.717, 1.165) is 17.7 Å². The molecular formula is C18H14Cl2N6. The fourth-order valence-corrected chi connectivity index (χ4v) is 2.75. The summed E-state index contributed by atoms with van der Waals surface area (Å²) in [5.41, 5.74) is 2.36. The van der Waals surface area contributed by atoms with Gasteiger partial charge >= 0.3 is 0 Å². The van der Waals surface area contributed by atoms with Crippen molar-refractivity contribution in [2.45, 2.75) is 6.42 Å². The van der Waals surface area contributed by atoms with Crippen molar-refractivity contribution in [1.82, 2.24) is 15.2 Å². The Labute approximate surface area is 160 Å². The Kier molecular flexibility index (Phi) is 5.84. The zero-order valence-corrected chi connectivity index (χ0v) is 15.1. The molecule has 0 radical (unpaired) electrons. The molecule has 0 aliphatic rings. The predicted molar refractivity (Wildman–Crippen MR) is 103 cm³/mol. The van der Waals surface area contributed by atoms with Gasteiger partial charge in [0.05, 0.1) is 17.8 Å². The van der Waals surface area contributed by atoms with Crippen LogP contribution in [0.15, 0.2) is 48.7 Å². The molecule has 0 aliphatic carbocycles. The lowest BCUT2D eigenvalue weighted by Crippen LogP contribution is -2.09. The van der Waals surface area contributed by atoms with Crippen LogP contribution in [0.3, 0.4) is 0 Å². The number of hydrogen-bond donors (Lipinski definition) is 2. The average Bonchev–Trinajstić information content (AvgIpc) is 2.64. The van der Waals surface area contributed by atoms with Crippen molar-refractivity contribution in [3.8, 4) is 6.07 Å². The number of hydrogen-bond acceptors (Lipinski definition) is 6. The highest BCUT2D eigenvalue weighted by Crippen LogP contribution is 2.21. The van der Waals surface area contributed by atoms with Gasteiger partial charge in [0, 0.05) is 22.3 Å². The predicted octanol–water partition coefficient (Wildman–Crippen LogP) is 4.45. The van der Waals surface area contributed by atoms with E-state index in [1.165, 1.54) is 0 Å². The summed E-state index contributed by atoms with van der Waals surface area (Å²) in [7, 11) is 0. The monoisotopic (exact) mass is 384 g/mol. The number of nitrogens with one attached hydrogen (secondary N) is 2. The molecule has 3 aromatic rings. The zero-order chi connectivity index (χ0) is 18.4. The van der Waals surface area contributed by atoms with Crippen LogP contribution in [-0.2, 0) is 6.42 Å². The molecule has 8 heteroatoms. The molecule has 2 aromatic carbocycles. The minimum Gasteiger partial charge on any atom is -0.368 e. The summed E-state index contributed by atoms with van der Waals surface area (Å²) in [6.07, 6.45) is 2.27. The van der Waals surface area contributed by atoms with Gasteiger partial charge in [-0.1, -0.05) is 29.3 Å². The van der Waals surface area contributed by atoms with Gasteiger partial charge in [0.2, 0.25) is 5.95 Å². The molecular weight excluding hydrogens is 371 g/mol. The van der Waals surface area contributed by atoms with Gasteiger partial charge in [-0.15, -0.1) is 5.10 Å². The normalized spacial score (nSPS) is 10.2. The lowest BCUT2D eigenvalue weighted by atomic mass is 10.1. The second-order valence-corrected chi connectivity index (χ2v) is 6.24. The molecule has 26 heavy (non-hydrogen) atoms. The first-order valence-corrected chi connectivity index (χ1v) is 8.54. The topological polar surface area (TPSA) is 86.5 Å². The van der Waals surface area contributed by atoms with E-state index in [2.05, 4.69) is 31.9 Å². The number of nitriles is 1. The number of anilines is 3. The molecule has 0 fully saturated rings. The summed E-state index contributed by atoms with van der Waals surface area (Å²) in [4.78, 5) is 4.36.